The maximum Gasteiger partial charge on any atom is 0.349 e. The molecule has 8 nitrogen and oxygen atoms in total. The van der Waals surface area contributed by atoms with Gasteiger partial charge < -0.3 is 32.5 Å². The number of benzene rings is 2. The smallest absolute Gasteiger partial charge is 0.349 e. The van der Waals surface area contributed by atoms with Crippen molar-refractivity contribution in [1.29, 1.82) is 0 Å². The largest absolute Gasteiger partial charge is 1.00 e. The Morgan fingerprint density at radius 2 is 1.00 bits per heavy atom. The lowest BCUT2D eigenvalue weighted by molar-refractivity contribution is -0.132. The Labute approximate surface area is 268 Å². The van der Waals surface area contributed by atoms with Gasteiger partial charge in [-0.3, -0.25) is 14.4 Å². The summed E-state index contributed by atoms with van der Waals surface area (Å²) in [5, 5.41) is 5.31. The molecule has 0 spiro atoms. The topological polar surface area (TPSA) is 111 Å². The summed E-state index contributed by atoms with van der Waals surface area (Å²) in [6.45, 7) is 9.57. The van der Waals surface area contributed by atoms with Crippen molar-refractivity contribution in [2.75, 3.05) is 41.2 Å². The fraction of sp³-hybridized carbons (Fsp3) is 0.500. The Bertz CT molecular complexity index is 1090. The number of carbonyl (C=O) groups is 4. The third kappa shape index (κ3) is 17.9. The summed E-state index contributed by atoms with van der Waals surface area (Å²) >= 11 is 5.27. The number of alkyl halides is 1. The first kappa shape index (κ1) is 40.3. The molecule has 0 unspecified atom stereocenters. The number of hydrogen-bond acceptors (Lipinski definition) is 6. The van der Waals surface area contributed by atoms with Crippen LogP contribution < -0.4 is 32.5 Å². The minimum absolute atomic E-state index is 0. The van der Waals surface area contributed by atoms with Crippen LogP contribution in [0.3, 0.4) is 0 Å². The van der Waals surface area contributed by atoms with Gasteiger partial charge in [0.1, 0.15) is 17.4 Å². The number of halogens is 2. The first-order valence-electron chi connectivity index (χ1n) is 14.6. The number of nitrogens with one attached hydrogen (secondary N) is 2. The Morgan fingerprint density at radius 1 is 0.651 bits per heavy atom. The Kier molecular flexibility index (Phi) is 21.4. The summed E-state index contributed by atoms with van der Waals surface area (Å²) in [5.74, 6) is -0.114. The van der Waals surface area contributed by atoms with Crippen molar-refractivity contribution in [2.24, 2.45) is 0 Å². The third-order valence-corrected chi connectivity index (χ3v) is 11.3. The molecule has 2 amide bonds. The fourth-order valence-corrected chi connectivity index (χ4v) is 9.04. The maximum absolute atomic E-state index is 12.7. The minimum Gasteiger partial charge on any atom is -1.00 e. The van der Waals surface area contributed by atoms with Gasteiger partial charge in [0.05, 0.1) is 18.5 Å². The number of unbranched alkanes of at least 4 members (excludes halogenated alkanes) is 3. The number of amides is 2. The van der Waals surface area contributed by atoms with Crippen LogP contribution in [0.1, 0.15) is 73.1 Å². The lowest BCUT2D eigenvalue weighted by atomic mass is 10.3. The SMILES string of the molecule is CC(=O)Nc1ccc(OC(=O)CCl)cc1.CCCC[P+](CCCC)(CCCC)CC(=O)Oc1ccc(NC(C)=O)cc1.[Cl-]. The van der Waals surface area contributed by atoms with E-state index >= 15 is 0 Å². The van der Waals surface area contributed by atoms with Crippen LogP contribution in [0.25, 0.3) is 0 Å². The fourth-order valence-electron chi connectivity index (χ4n) is 4.27. The quantitative estimate of drug-likeness (QED) is 0.117. The van der Waals surface area contributed by atoms with Crippen LogP contribution in [0.15, 0.2) is 48.5 Å². The van der Waals surface area contributed by atoms with Gasteiger partial charge in [0, 0.05) is 32.5 Å². The average Bonchev–Trinajstić information content (AvgIpc) is 2.95. The highest BCUT2D eigenvalue weighted by Crippen LogP contribution is 2.60. The van der Waals surface area contributed by atoms with Gasteiger partial charge in [0.2, 0.25) is 11.8 Å². The van der Waals surface area contributed by atoms with Crippen LogP contribution in [0.2, 0.25) is 0 Å². The zero-order valence-electron chi connectivity index (χ0n) is 26.0. The van der Waals surface area contributed by atoms with E-state index in [2.05, 4.69) is 31.4 Å². The van der Waals surface area contributed by atoms with Crippen molar-refractivity contribution in [3.63, 3.8) is 0 Å². The molecule has 43 heavy (non-hydrogen) atoms. The summed E-state index contributed by atoms with van der Waals surface area (Å²) in [4.78, 5) is 45.3. The molecule has 0 aliphatic rings. The molecule has 0 bridgehead atoms. The van der Waals surface area contributed by atoms with Crippen LogP contribution in [-0.4, -0.2) is 54.3 Å². The summed E-state index contributed by atoms with van der Waals surface area (Å²) in [6.07, 6.45) is 11.4. The lowest BCUT2D eigenvalue weighted by Gasteiger charge is -2.27. The zero-order chi connectivity index (χ0) is 31.4. The van der Waals surface area contributed by atoms with Crippen LogP contribution in [0, 0.1) is 0 Å². The zero-order valence-corrected chi connectivity index (χ0v) is 28.5. The first-order valence-corrected chi connectivity index (χ1v) is 17.7. The van der Waals surface area contributed by atoms with Gasteiger partial charge in [-0.25, -0.2) is 4.79 Å². The number of anilines is 2. The number of ether oxygens (including phenoxy) is 2. The van der Waals surface area contributed by atoms with Crippen LogP contribution in [0.4, 0.5) is 11.4 Å². The molecule has 0 heterocycles. The molecule has 0 fully saturated rings. The molecule has 2 aromatic rings. The van der Waals surface area contributed by atoms with Crippen molar-refractivity contribution in [2.45, 2.75) is 73.1 Å². The molecule has 2 aromatic carbocycles. The van der Waals surface area contributed by atoms with E-state index < -0.39 is 13.2 Å². The molecule has 2 N–H and O–H groups in total. The second kappa shape index (κ2) is 22.8. The van der Waals surface area contributed by atoms with Gasteiger partial charge in [0.15, 0.2) is 6.16 Å². The average molecular weight is 658 g/mol. The lowest BCUT2D eigenvalue weighted by Crippen LogP contribution is -3.00. The Morgan fingerprint density at radius 3 is 1.30 bits per heavy atom. The molecule has 0 aliphatic heterocycles. The molecule has 0 radical (unpaired) electrons. The molecule has 240 valence electrons. The number of rotatable bonds is 16. The highest BCUT2D eigenvalue weighted by Gasteiger charge is 2.38. The van der Waals surface area contributed by atoms with Gasteiger partial charge in [-0.2, -0.15) is 0 Å². The third-order valence-electron chi connectivity index (χ3n) is 6.34. The Balaban J connectivity index is 0.000000934. The van der Waals surface area contributed by atoms with Crippen molar-refractivity contribution >= 4 is 54.0 Å². The van der Waals surface area contributed by atoms with Gasteiger partial charge >= 0.3 is 11.9 Å². The minimum atomic E-state index is -1.30. The molecule has 0 saturated heterocycles. The number of esters is 2. The standard InChI is InChI=1S/C22H36NO3P.C10H10ClNO3.ClH/c1-5-8-15-27(16-9-6-2,17-10-7-3)18-22(25)26-21-13-11-20(12-14-21)23-19(4)24;1-7(13)12-8-2-4-9(5-3-8)15-10(14)6-11;/h11-14H,5-10,15-18H2,1-4H3;2-5H,6H2,1H3,(H,12,13);1H. The molecule has 0 atom stereocenters. The normalized spacial score (nSPS) is 10.4. The predicted molar refractivity (Wildman–Crippen MR) is 175 cm³/mol. The number of hydrogen-bond donors (Lipinski definition) is 2. The van der Waals surface area contributed by atoms with Crippen molar-refractivity contribution in [3.05, 3.63) is 48.5 Å². The van der Waals surface area contributed by atoms with E-state index in [4.69, 9.17) is 21.1 Å². The predicted octanol–water partition coefficient (Wildman–Crippen LogP) is 4.76. The first-order chi connectivity index (χ1) is 20.1. The van der Waals surface area contributed by atoms with Crippen LogP contribution in [-0.2, 0) is 19.2 Å². The summed E-state index contributed by atoms with van der Waals surface area (Å²) in [7, 11) is -1.30. The molecular weight excluding hydrogens is 610 g/mol. The summed E-state index contributed by atoms with van der Waals surface area (Å²) in [6, 6.07) is 13.4. The second-order valence-corrected chi connectivity index (χ2v) is 14.8. The summed E-state index contributed by atoms with van der Waals surface area (Å²) < 4.78 is 10.5. The van der Waals surface area contributed by atoms with E-state index in [9.17, 15) is 19.2 Å². The molecule has 11 heteroatoms. The number of carbonyl (C=O) groups excluding carboxylic acids is 4. The van der Waals surface area contributed by atoms with E-state index in [0.29, 0.717) is 29.0 Å². The van der Waals surface area contributed by atoms with E-state index in [-0.39, 0.29) is 36.1 Å². The van der Waals surface area contributed by atoms with Crippen molar-refractivity contribution in [1.82, 2.24) is 0 Å². The van der Waals surface area contributed by atoms with E-state index in [1.54, 1.807) is 48.5 Å². The highest BCUT2D eigenvalue weighted by molar-refractivity contribution is 7.76. The van der Waals surface area contributed by atoms with Gasteiger partial charge in [0.25, 0.3) is 0 Å². The molecule has 0 aromatic heterocycles. The molecule has 2 rings (SSSR count). The van der Waals surface area contributed by atoms with Crippen LogP contribution >= 0.6 is 18.9 Å². The monoisotopic (exact) mass is 656 g/mol. The van der Waals surface area contributed by atoms with Crippen LogP contribution in [0.5, 0.6) is 11.5 Å². The van der Waals surface area contributed by atoms with E-state index in [1.807, 2.05) is 0 Å². The molecule has 0 saturated carbocycles. The van der Waals surface area contributed by atoms with Crippen molar-refractivity contribution < 1.29 is 41.1 Å². The van der Waals surface area contributed by atoms with Gasteiger partial charge in [-0.15, -0.1) is 11.6 Å². The van der Waals surface area contributed by atoms with E-state index in [1.165, 1.54) is 70.9 Å². The molecular formula is C32H47Cl2N2O6P. The van der Waals surface area contributed by atoms with Gasteiger partial charge in [-0.05, 0) is 67.8 Å². The summed E-state index contributed by atoms with van der Waals surface area (Å²) in [5.41, 5.74) is 1.35. The maximum atomic E-state index is 12.7. The van der Waals surface area contributed by atoms with E-state index in [0.717, 1.165) is 0 Å². The highest BCUT2D eigenvalue weighted by atomic mass is 35.5. The Hall–Kier alpha value is -2.67. The van der Waals surface area contributed by atoms with Gasteiger partial charge in [-0.1, -0.05) is 40.0 Å². The second-order valence-electron chi connectivity index (χ2n) is 10.2. The molecule has 0 aliphatic carbocycles. The van der Waals surface area contributed by atoms with Crippen molar-refractivity contribution in [3.8, 4) is 11.5 Å².